The summed E-state index contributed by atoms with van der Waals surface area (Å²) in [6.45, 7) is -1.09. The molecule has 3 heterocycles. The summed E-state index contributed by atoms with van der Waals surface area (Å²) in [4.78, 5) is 21.8. The van der Waals surface area contributed by atoms with Gasteiger partial charge >= 0.3 is 12.2 Å². The molecule has 0 spiro atoms. The van der Waals surface area contributed by atoms with Gasteiger partial charge in [0.2, 0.25) is 5.95 Å². The number of alkyl halides is 4. The Bertz CT molecular complexity index is 1170. The number of urea groups is 1. The van der Waals surface area contributed by atoms with E-state index in [9.17, 15) is 22.4 Å². The van der Waals surface area contributed by atoms with Crippen molar-refractivity contribution in [3.8, 4) is 17.0 Å². The van der Waals surface area contributed by atoms with Gasteiger partial charge in [0.05, 0.1) is 54.4 Å². The molecule has 0 saturated heterocycles. The average Bonchev–Trinajstić information content (AvgIpc) is 3.37. The number of hydrogen-bond donors (Lipinski definition) is 2. The maximum absolute atomic E-state index is 13.3. The van der Waals surface area contributed by atoms with Crippen LogP contribution in [-0.4, -0.2) is 70.7 Å². The molecule has 0 bridgehead atoms. The van der Waals surface area contributed by atoms with Crippen LogP contribution in [0.4, 0.5) is 28.3 Å². The molecule has 1 aromatic carbocycles. The van der Waals surface area contributed by atoms with Crippen molar-refractivity contribution in [2.75, 3.05) is 32.0 Å². The Balaban J connectivity index is 1.59. The second-order valence-electron chi connectivity index (χ2n) is 7.79. The summed E-state index contributed by atoms with van der Waals surface area (Å²) in [5, 5.41) is 7.73. The van der Waals surface area contributed by atoms with Crippen molar-refractivity contribution in [1.82, 2.24) is 25.2 Å². The second kappa shape index (κ2) is 9.90. The van der Waals surface area contributed by atoms with Crippen LogP contribution in [0.15, 0.2) is 17.2 Å². The molecule has 1 aromatic heterocycles. The fraction of sp³-hybridized carbons (Fsp3) is 0.400. The average molecular weight is 536 g/mol. The van der Waals surface area contributed by atoms with Gasteiger partial charge in [-0.3, -0.25) is 5.01 Å². The molecular weight excluding hydrogens is 517 g/mol. The van der Waals surface area contributed by atoms with E-state index in [1.165, 1.54) is 23.4 Å². The monoisotopic (exact) mass is 535 g/mol. The maximum atomic E-state index is 13.3. The lowest BCUT2D eigenvalue weighted by molar-refractivity contribution is -0.123. The number of ether oxygens (including phenoxy) is 1. The highest BCUT2D eigenvalue weighted by Crippen LogP contribution is 2.42. The third-order valence-corrected chi connectivity index (χ3v) is 5.68. The molecule has 9 nitrogen and oxygen atoms in total. The van der Waals surface area contributed by atoms with Crippen LogP contribution in [0.5, 0.6) is 5.75 Å². The molecule has 2 amide bonds. The smallest absolute Gasteiger partial charge is 0.405 e. The molecule has 0 radical (unpaired) electrons. The number of nitrogens with two attached hydrogens (primary N) is 1. The standard InChI is InChI=1S/C20H19Cl2F4N7O2/c21-10-3-13(22)16(15(4-10)35-2-1-33-6-11(23)5-29-33)17-12-7-32(8-14(12)30-18(27)31-17)19(34)28-9-20(24,25)26/h3-5,11H,1-2,6-9H2,(H,28,34)(H2,27,30,31). The predicted molar refractivity (Wildman–Crippen MR) is 121 cm³/mol. The molecule has 0 saturated carbocycles. The Labute approximate surface area is 206 Å². The number of fused-ring (bicyclic) bond motifs is 1. The number of nitrogen functional groups attached to an aromatic ring is 1. The molecule has 1 unspecified atom stereocenters. The minimum Gasteiger partial charge on any atom is -0.491 e. The van der Waals surface area contributed by atoms with Crippen LogP contribution in [0.3, 0.4) is 0 Å². The number of carbonyl (C=O) groups is 1. The highest BCUT2D eigenvalue weighted by atomic mass is 35.5. The molecule has 0 aliphatic carbocycles. The SMILES string of the molecule is Nc1nc2c(c(-c3c(Cl)cc(Cl)cc3OCCN3CC(F)C=N3)n1)CN(C(=O)NCC(F)(F)F)C2. The predicted octanol–water partition coefficient (Wildman–Crippen LogP) is 3.64. The summed E-state index contributed by atoms with van der Waals surface area (Å²) in [5.41, 5.74) is 7.29. The van der Waals surface area contributed by atoms with E-state index in [2.05, 4.69) is 15.1 Å². The van der Waals surface area contributed by atoms with Crippen LogP contribution in [0.1, 0.15) is 11.3 Å². The van der Waals surface area contributed by atoms with Crippen molar-refractivity contribution in [2.24, 2.45) is 5.10 Å². The highest BCUT2D eigenvalue weighted by Gasteiger charge is 2.33. The fourth-order valence-electron chi connectivity index (χ4n) is 3.68. The molecule has 2 aliphatic rings. The van der Waals surface area contributed by atoms with Crippen LogP contribution in [0.25, 0.3) is 11.3 Å². The van der Waals surface area contributed by atoms with Crippen molar-refractivity contribution in [1.29, 1.82) is 0 Å². The van der Waals surface area contributed by atoms with Crippen LogP contribution < -0.4 is 15.8 Å². The first-order valence-corrected chi connectivity index (χ1v) is 11.1. The third kappa shape index (κ3) is 5.96. The van der Waals surface area contributed by atoms with E-state index in [1.54, 1.807) is 0 Å². The molecule has 188 valence electrons. The summed E-state index contributed by atoms with van der Waals surface area (Å²) in [5.74, 6) is 0.136. The number of anilines is 1. The first-order chi connectivity index (χ1) is 16.5. The van der Waals surface area contributed by atoms with E-state index in [4.69, 9.17) is 33.7 Å². The lowest BCUT2D eigenvalue weighted by Crippen LogP contribution is -2.41. The minimum atomic E-state index is -4.55. The maximum Gasteiger partial charge on any atom is 0.405 e. The summed E-state index contributed by atoms with van der Waals surface area (Å²) in [6, 6.07) is 2.07. The zero-order valence-corrected chi connectivity index (χ0v) is 19.5. The Morgan fingerprint density at radius 2 is 2.03 bits per heavy atom. The summed E-state index contributed by atoms with van der Waals surface area (Å²) < 4.78 is 56.7. The Morgan fingerprint density at radius 1 is 1.26 bits per heavy atom. The van der Waals surface area contributed by atoms with Crippen LogP contribution >= 0.6 is 23.2 Å². The number of carbonyl (C=O) groups excluding carboxylic acids is 1. The summed E-state index contributed by atoms with van der Waals surface area (Å²) in [7, 11) is 0. The molecule has 2 aromatic rings. The van der Waals surface area contributed by atoms with Crippen molar-refractivity contribution < 1.29 is 27.1 Å². The van der Waals surface area contributed by atoms with E-state index in [1.807, 2.05) is 5.32 Å². The third-order valence-electron chi connectivity index (χ3n) is 5.17. The molecule has 2 aliphatic heterocycles. The van der Waals surface area contributed by atoms with E-state index in [0.29, 0.717) is 16.8 Å². The summed E-state index contributed by atoms with van der Waals surface area (Å²) in [6.07, 6.45) is -4.49. The van der Waals surface area contributed by atoms with Crippen LogP contribution in [0, 0.1) is 0 Å². The van der Waals surface area contributed by atoms with E-state index < -0.39 is 24.9 Å². The molecule has 1 atom stereocenters. The van der Waals surface area contributed by atoms with Gasteiger partial charge < -0.3 is 20.7 Å². The Kier molecular flexibility index (Phi) is 7.08. The van der Waals surface area contributed by atoms with Crippen molar-refractivity contribution >= 4 is 41.4 Å². The number of rotatable bonds is 6. The first kappa shape index (κ1) is 25.0. The van der Waals surface area contributed by atoms with Crippen molar-refractivity contribution in [3.63, 3.8) is 0 Å². The number of nitrogens with one attached hydrogen (secondary N) is 1. The molecule has 0 fully saturated rings. The molecule has 35 heavy (non-hydrogen) atoms. The Hall–Kier alpha value is -3.06. The topological polar surface area (TPSA) is 109 Å². The first-order valence-electron chi connectivity index (χ1n) is 10.3. The number of nitrogens with zero attached hydrogens (tertiary/aromatic N) is 5. The van der Waals surface area contributed by atoms with Gasteiger partial charge in [0, 0.05) is 10.6 Å². The zero-order chi connectivity index (χ0) is 25.3. The van der Waals surface area contributed by atoms with Crippen LogP contribution in [-0.2, 0) is 13.1 Å². The zero-order valence-electron chi connectivity index (χ0n) is 17.9. The molecule has 3 N–H and O–H groups in total. The molecule has 4 rings (SSSR count). The number of hydrazone groups is 1. The fourth-order valence-corrected chi connectivity index (χ4v) is 4.24. The van der Waals surface area contributed by atoms with E-state index in [0.717, 1.165) is 4.90 Å². The number of benzene rings is 1. The van der Waals surface area contributed by atoms with E-state index in [-0.39, 0.29) is 60.2 Å². The van der Waals surface area contributed by atoms with Crippen molar-refractivity contribution in [3.05, 3.63) is 33.4 Å². The van der Waals surface area contributed by atoms with Gasteiger partial charge in [0.25, 0.3) is 0 Å². The lowest BCUT2D eigenvalue weighted by Gasteiger charge is -2.18. The van der Waals surface area contributed by atoms with Gasteiger partial charge in [-0.2, -0.15) is 18.3 Å². The van der Waals surface area contributed by atoms with Crippen LogP contribution in [0.2, 0.25) is 10.0 Å². The molecule has 15 heteroatoms. The Morgan fingerprint density at radius 3 is 2.71 bits per heavy atom. The minimum absolute atomic E-state index is 0.0719. The van der Waals surface area contributed by atoms with Gasteiger partial charge in [0.1, 0.15) is 18.9 Å². The number of aromatic nitrogens is 2. The van der Waals surface area contributed by atoms with E-state index >= 15 is 0 Å². The van der Waals surface area contributed by atoms with Gasteiger partial charge in [-0.15, -0.1) is 0 Å². The summed E-state index contributed by atoms with van der Waals surface area (Å²) >= 11 is 12.6. The lowest BCUT2D eigenvalue weighted by atomic mass is 10.0. The largest absolute Gasteiger partial charge is 0.491 e. The normalized spacial score (nSPS) is 17.1. The number of halogens is 6. The van der Waals surface area contributed by atoms with Gasteiger partial charge in [-0.05, 0) is 12.1 Å². The van der Waals surface area contributed by atoms with Gasteiger partial charge in [-0.25, -0.2) is 19.2 Å². The molecular formula is C20H19Cl2F4N7O2. The van der Waals surface area contributed by atoms with Crippen molar-refractivity contribution in [2.45, 2.75) is 25.4 Å². The number of amides is 2. The quantitative estimate of drug-likeness (QED) is 0.546. The second-order valence-corrected chi connectivity index (χ2v) is 8.63. The number of hydrogen-bond acceptors (Lipinski definition) is 7. The van der Waals surface area contributed by atoms with Gasteiger partial charge in [-0.1, -0.05) is 23.2 Å². The van der Waals surface area contributed by atoms with Gasteiger partial charge in [0.15, 0.2) is 6.17 Å². The highest BCUT2D eigenvalue weighted by molar-refractivity contribution is 6.37.